The van der Waals surface area contributed by atoms with Crippen molar-refractivity contribution < 1.29 is 4.39 Å². The first-order valence-corrected chi connectivity index (χ1v) is 3.24. The maximum Gasteiger partial charge on any atom is 0.100 e. The third-order valence-electron chi connectivity index (χ3n) is 1.12. The minimum atomic E-state index is -0.600. The summed E-state index contributed by atoms with van der Waals surface area (Å²) >= 11 is 0. The second-order valence-corrected chi connectivity index (χ2v) is 2.03. The Balaban J connectivity index is 2.92. The molecule has 1 unspecified atom stereocenters. The van der Waals surface area contributed by atoms with E-state index in [4.69, 9.17) is 0 Å². The van der Waals surface area contributed by atoms with Gasteiger partial charge in [-0.25, -0.2) is 4.39 Å². The molecule has 0 saturated carbocycles. The summed E-state index contributed by atoms with van der Waals surface area (Å²) in [6.45, 7) is 5.56. The highest BCUT2D eigenvalue weighted by atomic mass is 19.1. The Labute approximate surface area is 51.1 Å². The summed E-state index contributed by atoms with van der Waals surface area (Å²) < 4.78 is 12.4. The van der Waals surface area contributed by atoms with Crippen LogP contribution >= 0.6 is 0 Å². The van der Waals surface area contributed by atoms with Crippen molar-refractivity contribution in [3.05, 3.63) is 6.92 Å². The van der Waals surface area contributed by atoms with Crippen molar-refractivity contribution in [1.29, 1.82) is 0 Å². The number of hydrogen-bond acceptors (Lipinski definition) is 0. The zero-order chi connectivity index (χ0) is 6.41. The SMILES string of the molecule is [CH2]CCC(F)CCC. The van der Waals surface area contributed by atoms with Gasteiger partial charge in [0.2, 0.25) is 0 Å². The molecule has 0 spiro atoms. The summed E-state index contributed by atoms with van der Waals surface area (Å²) in [5.74, 6) is 0. The lowest BCUT2D eigenvalue weighted by Gasteiger charge is -2.01. The first-order chi connectivity index (χ1) is 3.81. The predicted octanol–water partition coefficient (Wildman–Crippen LogP) is 2.74. The maximum atomic E-state index is 12.4. The predicted molar refractivity (Wildman–Crippen MR) is 34.4 cm³/mol. The molecule has 0 aromatic carbocycles. The third kappa shape index (κ3) is 4.10. The molecule has 0 aromatic rings. The van der Waals surface area contributed by atoms with E-state index in [2.05, 4.69) is 6.92 Å². The molecule has 0 heterocycles. The maximum absolute atomic E-state index is 12.4. The van der Waals surface area contributed by atoms with E-state index in [0.29, 0.717) is 12.8 Å². The van der Waals surface area contributed by atoms with Crippen molar-refractivity contribution in [1.82, 2.24) is 0 Å². The second-order valence-electron chi connectivity index (χ2n) is 2.03. The van der Waals surface area contributed by atoms with Gasteiger partial charge in [0, 0.05) is 0 Å². The number of hydrogen-bond donors (Lipinski definition) is 0. The molecule has 1 radical (unpaired) electrons. The first kappa shape index (κ1) is 7.93. The highest BCUT2D eigenvalue weighted by Crippen LogP contribution is 2.07. The molecule has 0 fully saturated rings. The largest absolute Gasteiger partial charge is 0.247 e. The van der Waals surface area contributed by atoms with Gasteiger partial charge in [0.25, 0.3) is 0 Å². The summed E-state index contributed by atoms with van der Waals surface area (Å²) in [5.41, 5.74) is 0. The van der Waals surface area contributed by atoms with E-state index in [9.17, 15) is 4.39 Å². The molecule has 8 heavy (non-hydrogen) atoms. The van der Waals surface area contributed by atoms with Gasteiger partial charge in [0.05, 0.1) is 0 Å². The lowest BCUT2D eigenvalue weighted by atomic mass is 10.1. The lowest BCUT2D eigenvalue weighted by molar-refractivity contribution is 0.295. The Morgan fingerprint density at radius 3 is 2.50 bits per heavy atom. The molecule has 0 aliphatic heterocycles. The molecule has 0 aliphatic carbocycles. The van der Waals surface area contributed by atoms with Crippen LogP contribution in [0.4, 0.5) is 4.39 Å². The van der Waals surface area contributed by atoms with Crippen LogP contribution in [0.1, 0.15) is 32.6 Å². The third-order valence-corrected chi connectivity index (χ3v) is 1.12. The summed E-state index contributed by atoms with van der Waals surface area (Å²) in [5, 5.41) is 0. The zero-order valence-electron chi connectivity index (χ0n) is 5.49. The van der Waals surface area contributed by atoms with E-state index in [1.165, 1.54) is 0 Å². The van der Waals surface area contributed by atoms with Gasteiger partial charge < -0.3 is 0 Å². The van der Waals surface area contributed by atoms with Gasteiger partial charge >= 0.3 is 0 Å². The molecule has 1 atom stereocenters. The molecular formula is C7H14F. The highest BCUT2D eigenvalue weighted by Gasteiger charge is 2.00. The Kier molecular flexibility index (Phi) is 5.03. The smallest absolute Gasteiger partial charge is 0.100 e. The van der Waals surface area contributed by atoms with Gasteiger partial charge in [-0.2, -0.15) is 0 Å². The summed E-state index contributed by atoms with van der Waals surface area (Å²) in [6, 6.07) is 0. The van der Waals surface area contributed by atoms with E-state index in [-0.39, 0.29) is 0 Å². The fraction of sp³-hybridized carbons (Fsp3) is 0.857. The van der Waals surface area contributed by atoms with Crippen molar-refractivity contribution in [2.75, 3.05) is 0 Å². The first-order valence-electron chi connectivity index (χ1n) is 3.24. The van der Waals surface area contributed by atoms with Crippen molar-refractivity contribution in [2.24, 2.45) is 0 Å². The molecule has 0 nitrogen and oxygen atoms in total. The van der Waals surface area contributed by atoms with Gasteiger partial charge in [-0.3, -0.25) is 0 Å². The summed E-state index contributed by atoms with van der Waals surface area (Å²) in [4.78, 5) is 0. The van der Waals surface area contributed by atoms with Crippen LogP contribution in [0.3, 0.4) is 0 Å². The summed E-state index contributed by atoms with van der Waals surface area (Å²) in [6.07, 6.45) is 2.41. The van der Waals surface area contributed by atoms with Crippen LogP contribution in [-0.4, -0.2) is 6.17 Å². The van der Waals surface area contributed by atoms with Gasteiger partial charge in [0.1, 0.15) is 6.17 Å². The van der Waals surface area contributed by atoms with E-state index in [0.717, 1.165) is 12.8 Å². The van der Waals surface area contributed by atoms with E-state index >= 15 is 0 Å². The Bertz CT molecular complexity index is 37.7. The molecule has 0 saturated heterocycles. The lowest BCUT2D eigenvalue weighted by Crippen LogP contribution is -1.96. The molecule has 0 N–H and O–H groups in total. The van der Waals surface area contributed by atoms with Gasteiger partial charge in [0.15, 0.2) is 0 Å². The normalized spacial score (nSPS) is 10.5. The van der Waals surface area contributed by atoms with Gasteiger partial charge in [-0.1, -0.05) is 26.7 Å². The minimum Gasteiger partial charge on any atom is -0.247 e. The monoisotopic (exact) mass is 117 g/mol. The van der Waals surface area contributed by atoms with Crippen molar-refractivity contribution in [2.45, 2.75) is 38.8 Å². The van der Waals surface area contributed by atoms with Crippen LogP contribution in [0.15, 0.2) is 0 Å². The average molecular weight is 117 g/mol. The molecule has 0 rings (SSSR count). The average Bonchev–Trinajstić information content (AvgIpc) is 1.68. The topological polar surface area (TPSA) is 0 Å². The van der Waals surface area contributed by atoms with Crippen LogP contribution in [0.5, 0.6) is 0 Å². The summed E-state index contributed by atoms with van der Waals surface area (Å²) in [7, 11) is 0. The Morgan fingerprint density at radius 2 is 2.12 bits per heavy atom. The molecular weight excluding hydrogens is 103 g/mol. The Hall–Kier alpha value is -0.0700. The molecule has 0 aromatic heterocycles. The van der Waals surface area contributed by atoms with E-state index in [1.807, 2.05) is 6.92 Å². The fourth-order valence-electron chi connectivity index (χ4n) is 0.679. The zero-order valence-corrected chi connectivity index (χ0v) is 5.49. The van der Waals surface area contributed by atoms with Crippen molar-refractivity contribution in [3.63, 3.8) is 0 Å². The van der Waals surface area contributed by atoms with Crippen LogP contribution in [0, 0.1) is 6.92 Å². The van der Waals surface area contributed by atoms with Gasteiger partial charge in [-0.05, 0) is 12.8 Å². The van der Waals surface area contributed by atoms with Crippen molar-refractivity contribution in [3.8, 4) is 0 Å². The van der Waals surface area contributed by atoms with E-state index < -0.39 is 6.17 Å². The van der Waals surface area contributed by atoms with Crippen LogP contribution in [0.25, 0.3) is 0 Å². The number of alkyl halides is 1. The molecule has 49 valence electrons. The number of rotatable bonds is 4. The fourth-order valence-corrected chi connectivity index (χ4v) is 0.679. The second kappa shape index (κ2) is 5.07. The van der Waals surface area contributed by atoms with Crippen LogP contribution in [0.2, 0.25) is 0 Å². The quantitative estimate of drug-likeness (QED) is 0.531. The van der Waals surface area contributed by atoms with Crippen LogP contribution in [-0.2, 0) is 0 Å². The number of halogens is 1. The Morgan fingerprint density at radius 1 is 1.50 bits per heavy atom. The molecule has 1 heteroatoms. The molecule has 0 aliphatic rings. The van der Waals surface area contributed by atoms with E-state index in [1.54, 1.807) is 0 Å². The molecule has 0 bridgehead atoms. The van der Waals surface area contributed by atoms with Crippen LogP contribution < -0.4 is 0 Å². The highest BCUT2D eigenvalue weighted by molar-refractivity contribution is 4.54. The molecule has 0 amide bonds. The van der Waals surface area contributed by atoms with Crippen molar-refractivity contribution >= 4 is 0 Å². The minimum absolute atomic E-state index is 0.600. The standard InChI is InChI=1S/C7H14F/c1-3-5-7(8)6-4-2/h7H,1,3-6H2,2H3. The van der Waals surface area contributed by atoms with Gasteiger partial charge in [-0.15, -0.1) is 0 Å².